The van der Waals surface area contributed by atoms with Crippen LogP contribution in [-0.2, 0) is 14.3 Å². The molecule has 0 rings (SSSR count). The third-order valence-electron chi connectivity index (χ3n) is 2.25. The fourth-order valence-corrected chi connectivity index (χ4v) is 1.05. The van der Waals surface area contributed by atoms with Crippen molar-refractivity contribution < 1.29 is 19.4 Å². The number of likely N-dealkylation sites (N-methyl/N-ethyl adjacent to an activating group) is 1. The highest BCUT2D eigenvalue weighted by atomic mass is 16.5. The second kappa shape index (κ2) is 7.87. The maximum atomic E-state index is 11.5. The summed E-state index contributed by atoms with van der Waals surface area (Å²) in [5, 5.41) is 8.71. The standard InChI is InChI=1S/C11H19NO4/c1-4-7-16-8-5-6-10(13)12(3)9(2)11(14)15/h4,9H,1,5-8H2,2-3H3,(H,14,15). The highest BCUT2D eigenvalue weighted by Gasteiger charge is 2.20. The van der Waals surface area contributed by atoms with Crippen molar-refractivity contribution in [1.29, 1.82) is 0 Å². The summed E-state index contributed by atoms with van der Waals surface area (Å²) in [5.41, 5.74) is 0. The second-order valence-electron chi connectivity index (χ2n) is 3.49. The van der Waals surface area contributed by atoms with E-state index < -0.39 is 12.0 Å². The lowest BCUT2D eigenvalue weighted by Crippen LogP contribution is -2.40. The van der Waals surface area contributed by atoms with Crippen molar-refractivity contribution in [2.45, 2.75) is 25.8 Å². The van der Waals surface area contributed by atoms with Gasteiger partial charge in [0.15, 0.2) is 0 Å². The van der Waals surface area contributed by atoms with E-state index in [1.54, 1.807) is 6.08 Å². The van der Waals surface area contributed by atoms with Gasteiger partial charge in [-0.05, 0) is 13.3 Å². The average molecular weight is 229 g/mol. The largest absolute Gasteiger partial charge is 0.480 e. The van der Waals surface area contributed by atoms with Gasteiger partial charge in [-0.1, -0.05) is 6.08 Å². The Morgan fingerprint density at radius 2 is 2.19 bits per heavy atom. The number of hydrogen-bond acceptors (Lipinski definition) is 3. The van der Waals surface area contributed by atoms with E-state index >= 15 is 0 Å². The maximum absolute atomic E-state index is 11.5. The van der Waals surface area contributed by atoms with Crippen LogP contribution < -0.4 is 0 Å². The molecule has 0 bridgehead atoms. The second-order valence-corrected chi connectivity index (χ2v) is 3.49. The Balaban J connectivity index is 3.79. The van der Waals surface area contributed by atoms with Crippen LogP contribution in [0.3, 0.4) is 0 Å². The van der Waals surface area contributed by atoms with E-state index in [1.807, 2.05) is 0 Å². The van der Waals surface area contributed by atoms with Gasteiger partial charge in [0, 0.05) is 20.1 Å². The Hall–Kier alpha value is -1.36. The molecule has 0 fully saturated rings. The van der Waals surface area contributed by atoms with E-state index in [4.69, 9.17) is 9.84 Å². The molecule has 92 valence electrons. The zero-order chi connectivity index (χ0) is 12.6. The number of nitrogens with zero attached hydrogens (tertiary/aromatic N) is 1. The molecule has 0 aromatic rings. The Bertz CT molecular complexity index is 252. The molecule has 0 saturated heterocycles. The summed E-state index contributed by atoms with van der Waals surface area (Å²) in [5.74, 6) is -1.18. The topological polar surface area (TPSA) is 66.8 Å². The monoisotopic (exact) mass is 229 g/mol. The van der Waals surface area contributed by atoms with Gasteiger partial charge in [-0.25, -0.2) is 4.79 Å². The van der Waals surface area contributed by atoms with Gasteiger partial charge in [-0.15, -0.1) is 6.58 Å². The van der Waals surface area contributed by atoms with E-state index in [0.29, 0.717) is 26.1 Å². The predicted octanol–water partition coefficient (Wildman–Crippen LogP) is 0.901. The van der Waals surface area contributed by atoms with Crippen molar-refractivity contribution in [3.8, 4) is 0 Å². The SMILES string of the molecule is C=CCOCCCC(=O)N(C)C(C)C(=O)O. The minimum atomic E-state index is -1.00. The lowest BCUT2D eigenvalue weighted by Gasteiger charge is -2.21. The minimum Gasteiger partial charge on any atom is -0.480 e. The third kappa shape index (κ3) is 5.50. The summed E-state index contributed by atoms with van der Waals surface area (Å²) in [6.45, 7) is 5.93. The van der Waals surface area contributed by atoms with E-state index in [9.17, 15) is 9.59 Å². The molecule has 5 nitrogen and oxygen atoms in total. The molecule has 0 saturated carbocycles. The van der Waals surface area contributed by atoms with Crippen LogP contribution in [0.15, 0.2) is 12.7 Å². The van der Waals surface area contributed by atoms with Gasteiger partial charge in [-0.2, -0.15) is 0 Å². The summed E-state index contributed by atoms with van der Waals surface area (Å²) >= 11 is 0. The Kier molecular flexibility index (Phi) is 7.20. The van der Waals surface area contributed by atoms with Gasteiger partial charge >= 0.3 is 5.97 Å². The molecule has 0 heterocycles. The number of ether oxygens (including phenoxy) is 1. The first-order valence-electron chi connectivity index (χ1n) is 5.17. The molecule has 0 aliphatic rings. The van der Waals surface area contributed by atoms with Gasteiger partial charge in [-0.3, -0.25) is 4.79 Å². The van der Waals surface area contributed by atoms with E-state index in [2.05, 4.69) is 6.58 Å². The van der Waals surface area contributed by atoms with Gasteiger partial charge in [0.25, 0.3) is 0 Å². The first-order valence-corrected chi connectivity index (χ1v) is 5.17. The zero-order valence-corrected chi connectivity index (χ0v) is 9.81. The van der Waals surface area contributed by atoms with Crippen molar-refractivity contribution in [1.82, 2.24) is 4.90 Å². The highest BCUT2D eigenvalue weighted by molar-refractivity contribution is 5.83. The van der Waals surface area contributed by atoms with Gasteiger partial charge in [0.1, 0.15) is 6.04 Å². The molecule has 5 heteroatoms. The van der Waals surface area contributed by atoms with Crippen molar-refractivity contribution in [2.75, 3.05) is 20.3 Å². The first-order chi connectivity index (χ1) is 7.50. The molecule has 0 radical (unpaired) electrons. The van der Waals surface area contributed by atoms with Crippen molar-refractivity contribution in [3.05, 3.63) is 12.7 Å². The number of carbonyl (C=O) groups excluding carboxylic acids is 1. The number of carbonyl (C=O) groups is 2. The smallest absolute Gasteiger partial charge is 0.326 e. The third-order valence-corrected chi connectivity index (χ3v) is 2.25. The van der Waals surface area contributed by atoms with Crippen molar-refractivity contribution in [2.24, 2.45) is 0 Å². The van der Waals surface area contributed by atoms with E-state index in [1.165, 1.54) is 18.9 Å². The van der Waals surface area contributed by atoms with Crippen molar-refractivity contribution in [3.63, 3.8) is 0 Å². The van der Waals surface area contributed by atoms with Gasteiger partial charge in [0.2, 0.25) is 5.91 Å². The molecule has 0 aliphatic carbocycles. The maximum Gasteiger partial charge on any atom is 0.326 e. The molecule has 16 heavy (non-hydrogen) atoms. The van der Waals surface area contributed by atoms with Crippen LogP contribution in [0.2, 0.25) is 0 Å². The summed E-state index contributed by atoms with van der Waals surface area (Å²) in [4.78, 5) is 23.4. The van der Waals surface area contributed by atoms with E-state index in [-0.39, 0.29) is 5.91 Å². The zero-order valence-electron chi connectivity index (χ0n) is 9.81. The molecule has 1 unspecified atom stereocenters. The molecule has 0 aromatic heterocycles. The van der Waals surface area contributed by atoms with Crippen molar-refractivity contribution >= 4 is 11.9 Å². The number of aliphatic carboxylic acids is 1. The molecular formula is C11H19NO4. The predicted molar refractivity (Wildman–Crippen MR) is 60.1 cm³/mol. The number of amides is 1. The fourth-order valence-electron chi connectivity index (χ4n) is 1.05. The lowest BCUT2D eigenvalue weighted by atomic mass is 10.2. The Labute approximate surface area is 95.7 Å². The Morgan fingerprint density at radius 1 is 1.56 bits per heavy atom. The molecule has 0 aliphatic heterocycles. The summed E-state index contributed by atoms with van der Waals surface area (Å²) in [6.07, 6.45) is 2.52. The molecule has 1 amide bonds. The molecular weight excluding hydrogens is 210 g/mol. The summed E-state index contributed by atoms with van der Waals surface area (Å²) in [7, 11) is 1.49. The molecule has 1 N–H and O–H groups in total. The summed E-state index contributed by atoms with van der Waals surface area (Å²) in [6, 6.07) is -0.790. The quantitative estimate of drug-likeness (QED) is 0.496. The van der Waals surface area contributed by atoms with Crippen LogP contribution in [0.1, 0.15) is 19.8 Å². The van der Waals surface area contributed by atoms with Crippen LogP contribution in [0.4, 0.5) is 0 Å². The average Bonchev–Trinajstić information content (AvgIpc) is 2.26. The van der Waals surface area contributed by atoms with Crippen LogP contribution >= 0.6 is 0 Å². The summed E-state index contributed by atoms with van der Waals surface area (Å²) < 4.78 is 5.12. The number of rotatable bonds is 8. The van der Waals surface area contributed by atoms with Crippen LogP contribution in [0.5, 0.6) is 0 Å². The molecule has 0 spiro atoms. The highest BCUT2D eigenvalue weighted by Crippen LogP contribution is 2.01. The van der Waals surface area contributed by atoms with Crippen LogP contribution in [0, 0.1) is 0 Å². The van der Waals surface area contributed by atoms with Crippen LogP contribution in [-0.4, -0.2) is 48.2 Å². The van der Waals surface area contributed by atoms with Gasteiger partial charge < -0.3 is 14.7 Å². The number of carboxylic acids is 1. The molecule has 1 atom stereocenters. The Morgan fingerprint density at radius 3 is 2.69 bits per heavy atom. The van der Waals surface area contributed by atoms with Gasteiger partial charge in [0.05, 0.1) is 6.61 Å². The first kappa shape index (κ1) is 14.6. The number of hydrogen-bond donors (Lipinski definition) is 1. The lowest BCUT2D eigenvalue weighted by molar-refractivity contribution is -0.148. The van der Waals surface area contributed by atoms with Crippen LogP contribution in [0.25, 0.3) is 0 Å². The fraction of sp³-hybridized carbons (Fsp3) is 0.636. The molecule has 0 aromatic carbocycles. The van der Waals surface area contributed by atoms with E-state index in [0.717, 1.165) is 0 Å². The minimum absolute atomic E-state index is 0.183. The number of carboxylic acid groups (broad SMARTS) is 1. The normalized spacial score (nSPS) is 11.9.